The van der Waals surface area contributed by atoms with Gasteiger partial charge >= 0.3 is 24.0 Å². The van der Waals surface area contributed by atoms with Gasteiger partial charge in [0.2, 0.25) is 0 Å². The van der Waals surface area contributed by atoms with Gasteiger partial charge in [-0.2, -0.15) is 26.3 Å². The van der Waals surface area contributed by atoms with E-state index in [9.17, 15) is 45.1 Å². The summed E-state index contributed by atoms with van der Waals surface area (Å²) in [6.07, 6.45) is -13.4. The molecular weight excluding hydrogens is 391 g/mol. The molecule has 2 amide bonds. The lowest BCUT2D eigenvalue weighted by atomic mass is 9.92. The number of hydrogen-bond acceptors (Lipinski definition) is 4. The first kappa shape index (κ1) is 20.6. The van der Waals surface area contributed by atoms with Crippen LogP contribution in [0.1, 0.15) is 27.6 Å². The number of halogens is 7. The number of rotatable bonds is 4. The van der Waals surface area contributed by atoms with Gasteiger partial charge in [-0.05, 0) is 19.1 Å². The second kappa shape index (κ2) is 6.50. The number of carbonyl (C=O) groups excluding carboxylic acids is 3. The Morgan fingerprint density at radius 3 is 1.70 bits per heavy atom. The Labute approximate surface area is 146 Å². The fourth-order valence-electron chi connectivity index (χ4n) is 2.58. The number of nitrogens with zero attached hydrogens (tertiary/aromatic N) is 1. The number of hydrogen-bond donors (Lipinski definition) is 0. The van der Waals surface area contributed by atoms with Crippen LogP contribution < -0.4 is 0 Å². The fourth-order valence-corrected chi connectivity index (χ4v) is 2.58. The second-order valence-electron chi connectivity index (χ2n) is 5.39. The zero-order chi connectivity index (χ0) is 20.8. The van der Waals surface area contributed by atoms with Gasteiger partial charge in [0.05, 0.1) is 17.7 Å². The van der Waals surface area contributed by atoms with E-state index in [1.165, 1.54) is 12.1 Å². The molecule has 0 N–H and O–H groups in total. The van der Waals surface area contributed by atoms with Crippen molar-refractivity contribution in [3.05, 3.63) is 35.4 Å². The Balaban J connectivity index is 2.72. The number of ether oxygens (including phenoxy) is 1. The van der Waals surface area contributed by atoms with Crippen LogP contribution in [0.3, 0.4) is 0 Å². The summed E-state index contributed by atoms with van der Waals surface area (Å²) in [4.78, 5) is 35.7. The van der Waals surface area contributed by atoms with E-state index in [0.29, 0.717) is 0 Å². The van der Waals surface area contributed by atoms with E-state index in [-0.39, 0.29) is 0 Å². The summed E-state index contributed by atoms with van der Waals surface area (Å²) < 4.78 is 97.5. The van der Waals surface area contributed by atoms with Gasteiger partial charge in [-0.3, -0.25) is 14.5 Å². The quantitative estimate of drug-likeness (QED) is 0.442. The highest BCUT2D eigenvalue weighted by Crippen LogP contribution is 2.51. The number of amides is 2. The van der Waals surface area contributed by atoms with E-state index >= 15 is 0 Å². The summed E-state index contributed by atoms with van der Waals surface area (Å²) in [5, 5.41) is 0. The molecule has 148 valence electrons. The minimum atomic E-state index is -6.68. The van der Waals surface area contributed by atoms with Crippen molar-refractivity contribution < 1.29 is 49.9 Å². The maximum absolute atomic E-state index is 14.6. The van der Waals surface area contributed by atoms with Gasteiger partial charge in [0.1, 0.15) is 0 Å². The zero-order valence-electron chi connectivity index (χ0n) is 13.3. The number of fused-ring (bicyclic) bond motifs is 1. The van der Waals surface area contributed by atoms with Crippen LogP contribution in [0, 0.1) is 0 Å². The van der Waals surface area contributed by atoms with Gasteiger partial charge in [-0.25, -0.2) is 9.18 Å². The van der Waals surface area contributed by atoms with Crippen LogP contribution in [0.25, 0.3) is 0 Å². The Morgan fingerprint density at radius 1 is 0.963 bits per heavy atom. The van der Waals surface area contributed by atoms with E-state index in [0.717, 1.165) is 19.1 Å². The fraction of sp³-hybridized carbons (Fsp3) is 0.400. The van der Waals surface area contributed by atoms with Gasteiger partial charge in [-0.1, -0.05) is 12.1 Å². The first-order valence-corrected chi connectivity index (χ1v) is 7.25. The van der Waals surface area contributed by atoms with Crippen LogP contribution in [-0.4, -0.2) is 53.4 Å². The molecule has 1 unspecified atom stereocenters. The third kappa shape index (κ3) is 3.02. The third-order valence-corrected chi connectivity index (χ3v) is 3.80. The molecule has 27 heavy (non-hydrogen) atoms. The molecule has 1 aromatic carbocycles. The van der Waals surface area contributed by atoms with Crippen molar-refractivity contribution in [2.45, 2.75) is 31.0 Å². The molecule has 0 fully saturated rings. The van der Waals surface area contributed by atoms with E-state index in [4.69, 9.17) is 0 Å². The Hall–Kier alpha value is -2.66. The van der Waals surface area contributed by atoms with Crippen molar-refractivity contribution in [2.24, 2.45) is 0 Å². The third-order valence-electron chi connectivity index (χ3n) is 3.80. The van der Waals surface area contributed by atoms with Crippen molar-refractivity contribution >= 4 is 17.8 Å². The van der Waals surface area contributed by atoms with E-state index in [1.807, 2.05) is 0 Å². The topological polar surface area (TPSA) is 63.7 Å². The highest BCUT2D eigenvalue weighted by molar-refractivity contribution is 6.22. The summed E-state index contributed by atoms with van der Waals surface area (Å²) in [7, 11) is 0. The lowest BCUT2D eigenvalue weighted by molar-refractivity contribution is -0.351. The predicted octanol–water partition coefficient (Wildman–Crippen LogP) is 3.05. The van der Waals surface area contributed by atoms with Gasteiger partial charge < -0.3 is 4.74 Å². The van der Waals surface area contributed by atoms with Gasteiger partial charge in [0.15, 0.2) is 6.04 Å². The van der Waals surface area contributed by atoms with Gasteiger partial charge in [0, 0.05) is 0 Å². The van der Waals surface area contributed by atoms with E-state index in [1.54, 1.807) is 0 Å². The number of benzene rings is 1. The first-order valence-electron chi connectivity index (χ1n) is 7.25. The van der Waals surface area contributed by atoms with E-state index in [2.05, 4.69) is 4.74 Å². The first-order chi connectivity index (χ1) is 12.3. The molecule has 0 aromatic heterocycles. The molecule has 1 atom stereocenters. The Morgan fingerprint density at radius 2 is 1.37 bits per heavy atom. The molecule has 0 saturated heterocycles. The highest BCUT2D eigenvalue weighted by Gasteiger charge is 2.80. The van der Waals surface area contributed by atoms with Gasteiger partial charge in [0.25, 0.3) is 11.8 Å². The van der Waals surface area contributed by atoms with Crippen molar-refractivity contribution in [3.8, 4) is 0 Å². The molecule has 12 heteroatoms. The minimum absolute atomic E-state index is 0.566. The maximum Gasteiger partial charge on any atom is 0.434 e. The van der Waals surface area contributed by atoms with E-state index < -0.39 is 64.5 Å². The summed E-state index contributed by atoms with van der Waals surface area (Å²) in [6.45, 7) is 0.322. The van der Waals surface area contributed by atoms with Crippen LogP contribution in [0.2, 0.25) is 0 Å². The van der Waals surface area contributed by atoms with Crippen molar-refractivity contribution in [1.29, 1.82) is 0 Å². The molecule has 0 bridgehead atoms. The number of alkyl halides is 7. The van der Waals surface area contributed by atoms with Crippen molar-refractivity contribution in [2.75, 3.05) is 6.61 Å². The molecule has 5 nitrogen and oxygen atoms in total. The average molecular weight is 401 g/mol. The molecule has 1 aromatic rings. The number of carbonyl (C=O) groups is 3. The van der Waals surface area contributed by atoms with Gasteiger partial charge in [-0.15, -0.1) is 0 Å². The lowest BCUT2D eigenvalue weighted by Gasteiger charge is -2.38. The van der Waals surface area contributed by atoms with Crippen LogP contribution in [0.4, 0.5) is 30.7 Å². The molecule has 0 saturated carbocycles. The standard InChI is InChI=1S/C15H10F7NO4/c1-2-27-12(26)9(13(16,14(17,18)19)15(20,21)22)23-10(24)7-5-3-4-6-8(7)11(23)25/h3-6,9H,2H2,1H3. The summed E-state index contributed by atoms with van der Waals surface area (Å²) in [5.74, 6) is -5.71. The summed E-state index contributed by atoms with van der Waals surface area (Å²) in [6, 6.07) is 0.314. The smallest absolute Gasteiger partial charge is 0.434 e. The maximum atomic E-state index is 14.6. The molecule has 2 rings (SSSR count). The minimum Gasteiger partial charge on any atom is -0.464 e. The number of esters is 1. The zero-order valence-corrected chi connectivity index (χ0v) is 13.3. The summed E-state index contributed by atoms with van der Waals surface area (Å²) >= 11 is 0. The normalized spacial score (nSPS) is 16.4. The average Bonchev–Trinajstić information content (AvgIpc) is 2.79. The molecule has 0 spiro atoms. The molecular formula is C15H10F7NO4. The molecule has 1 aliphatic rings. The highest BCUT2D eigenvalue weighted by atomic mass is 19.4. The predicted molar refractivity (Wildman–Crippen MR) is 73.3 cm³/mol. The summed E-state index contributed by atoms with van der Waals surface area (Å²) in [5.41, 5.74) is -7.37. The SMILES string of the molecule is CCOC(=O)C(N1C(=O)c2ccccc2C1=O)C(F)(C(F)(F)F)C(F)(F)F. The lowest BCUT2D eigenvalue weighted by Crippen LogP contribution is -2.69. The van der Waals surface area contributed by atoms with Crippen molar-refractivity contribution in [3.63, 3.8) is 0 Å². The Kier molecular flexibility index (Phi) is 4.97. The molecule has 0 radical (unpaired) electrons. The monoisotopic (exact) mass is 401 g/mol. The Bertz CT molecular complexity index is 738. The van der Waals surface area contributed by atoms with Crippen LogP contribution in [-0.2, 0) is 9.53 Å². The van der Waals surface area contributed by atoms with Crippen LogP contribution in [0.15, 0.2) is 24.3 Å². The van der Waals surface area contributed by atoms with Crippen LogP contribution >= 0.6 is 0 Å². The largest absolute Gasteiger partial charge is 0.464 e. The second-order valence-corrected chi connectivity index (χ2v) is 5.39. The molecule has 1 heterocycles. The van der Waals surface area contributed by atoms with Crippen LogP contribution in [0.5, 0.6) is 0 Å². The molecule has 1 aliphatic heterocycles. The number of imide groups is 1. The van der Waals surface area contributed by atoms with Crippen molar-refractivity contribution in [1.82, 2.24) is 4.90 Å². The molecule has 0 aliphatic carbocycles.